The zero-order valence-electron chi connectivity index (χ0n) is 8.62. The summed E-state index contributed by atoms with van der Waals surface area (Å²) < 4.78 is 0. The third-order valence-corrected chi connectivity index (χ3v) is 2.10. The van der Waals surface area contributed by atoms with E-state index in [2.05, 4.69) is 26.5 Å². The summed E-state index contributed by atoms with van der Waals surface area (Å²) in [4.78, 5) is 15.4. The average Bonchev–Trinajstić information content (AvgIpc) is 2.56. The number of aromatic amines is 1. The van der Waals surface area contributed by atoms with Crippen molar-refractivity contribution in [3.63, 3.8) is 0 Å². The molecule has 5 heteroatoms. The maximum absolute atomic E-state index is 5.47. The summed E-state index contributed by atoms with van der Waals surface area (Å²) in [6, 6.07) is 0. The van der Waals surface area contributed by atoms with Gasteiger partial charge in [0.2, 0.25) is 5.95 Å². The molecule has 78 valence electrons. The van der Waals surface area contributed by atoms with Crippen LogP contribution in [0.15, 0.2) is 18.3 Å². The van der Waals surface area contributed by atoms with Crippen LogP contribution in [0.5, 0.6) is 0 Å². The Labute approximate surface area is 87.5 Å². The van der Waals surface area contributed by atoms with E-state index in [9.17, 15) is 0 Å². The lowest BCUT2D eigenvalue weighted by Crippen LogP contribution is -1.93. The van der Waals surface area contributed by atoms with E-state index in [1.807, 2.05) is 6.92 Å². The minimum atomic E-state index is 0.250. The van der Waals surface area contributed by atoms with Gasteiger partial charge in [0.05, 0.1) is 6.20 Å². The fourth-order valence-electron chi connectivity index (χ4n) is 1.32. The monoisotopic (exact) mass is 203 g/mol. The highest BCUT2D eigenvalue weighted by molar-refractivity contribution is 5.70. The van der Waals surface area contributed by atoms with Gasteiger partial charge in [-0.05, 0) is 13.3 Å². The number of nitrogens with one attached hydrogen (secondary N) is 1. The standard InChI is InChI=1S/C10H13N5/c1-6(2)3-4-8-13-7-5-12-10(11)15-9(7)14-8/h5H,1,3-4H2,2H3,(H3,11,12,13,14,15). The highest BCUT2D eigenvalue weighted by Crippen LogP contribution is 2.11. The molecule has 15 heavy (non-hydrogen) atoms. The third-order valence-electron chi connectivity index (χ3n) is 2.10. The summed E-state index contributed by atoms with van der Waals surface area (Å²) in [5.74, 6) is 1.15. The number of anilines is 1. The van der Waals surface area contributed by atoms with E-state index in [-0.39, 0.29) is 5.95 Å². The second-order valence-electron chi connectivity index (χ2n) is 3.61. The number of nitrogens with zero attached hydrogens (tertiary/aromatic N) is 3. The number of hydrogen-bond donors (Lipinski definition) is 2. The Kier molecular flexibility index (Phi) is 2.37. The normalized spacial score (nSPS) is 10.7. The van der Waals surface area contributed by atoms with Gasteiger partial charge < -0.3 is 10.7 Å². The smallest absolute Gasteiger partial charge is 0.222 e. The lowest BCUT2D eigenvalue weighted by molar-refractivity contribution is 0.880. The van der Waals surface area contributed by atoms with E-state index in [4.69, 9.17) is 5.73 Å². The van der Waals surface area contributed by atoms with Crippen LogP contribution in [0.1, 0.15) is 19.2 Å². The molecular formula is C10H13N5. The van der Waals surface area contributed by atoms with Crippen molar-refractivity contribution in [2.75, 3.05) is 5.73 Å². The number of H-pyrrole nitrogens is 1. The molecule has 0 spiro atoms. The largest absolute Gasteiger partial charge is 0.368 e. The van der Waals surface area contributed by atoms with Gasteiger partial charge in [-0.3, -0.25) is 0 Å². The Bertz CT molecular complexity index is 499. The topological polar surface area (TPSA) is 80.5 Å². The molecule has 2 aromatic rings. The highest BCUT2D eigenvalue weighted by atomic mass is 15.1. The molecule has 2 aromatic heterocycles. The summed E-state index contributed by atoms with van der Waals surface area (Å²) >= 11 is 0. The van der Waals surface area contributed by atoms with Crippen molar-refractivity contribution < 1.29 is 0 Å². The molecule has 0 bridgehead atoms. The number of hydrogen-bond acceptors (Lipinski definition) is 4. The maximum atomic E-state index is 5.47. The van der Waals surface area contributed by atoms with E-state index >= 15 is 0 Å². The minimum absolute atomic E-state index is 0.250. The van der Waals surface area contributed by atoms with E-state index in [0.29, 0.717) is 5.65 Å². The molecule has 3 N–H and O–H groups in total. The summed E-state index contributed by atoms with van der Waals surface area (Å²) in [6.07, 6.45) is 3.41. The van der Waals surface area contributed by atoms with Crippen molar-refractivity contribution in [3.05, 3.63) is 24.2 Å². The predicted octanol–water partition coefficient (Wildman–Crippen LogP) is 1.44. The number of fused-ring (bicyclic) bond motifs is 1. The van der Waals surface area contributed by atoms with Crippen LogP contribution in [-0.4, -0.2) is 19.9 Å². The van der Waals surface area contributed by atoms with E-state index in [1.165, 1.54) is 0 Å². The van der Waals surface area contributed by atoms with Crippen LogP contribution in [0.2, 0.25) is 0 Å². The highest BCUT2D eigenvalue weighted by Gasteiger charge is 2.04. The minimum Gasteiger partial charge on any atom is -0.368 e. The van der Waals surface area contributed by atoms with Crippen molar-refractivity contribution >= 4 is 17.1 Å². The van der Waals surface area contributed by atoms with Crippen LogP contribution < -0.4 is 5.73 Å². The zero-order valence-corrected chi connectivity index (χ0v) is 8.62. The van der Waals surface area contributed by atoms with Crippen LogP contribution in [0, 0.1) is 0 Å². The van der Waals surface area contributed by atoms with Crippen LogP contribution >= 0.6 is 0 Å². The first-order valence-electron chi connectivity index (χ1n) is 4.76. The molecule has 0 fully saturated rings. The molecule has 0 unspecified atom stereocenters. The number of allylic oxidation sites excluding steroid dienone is 1. The van der Waals surface area contributed by atoms with Gasteiger partial charge in [-0.25, -0.2) is 9.97 Å². The van der Waals surface area contributed by atoms with Gasteiger partial charge >= 0.3 is 0 Å². The maximum Gasteiger partial charge on any atom is 0.222 e. The average molecular weight is 203 g/mol. The Morgan fingerprint density at radius 1 is 1.53 bits per heavy atom. The van der Waals surface area contributed by atoms with Crippen LogP contribution in [0.4, 0.5) is 5.95 Å². The van der Waals surface area contributed by atoms with Gasteiger partial charge in [0.1, 0.15) is 11.3 Å². The molecule has 0 aliphatic carbocycles. The van der Waals surface area contributed by atoms with Crippen molar-refractivity contribution in [1.82, 2.24) is 19.9 Å². The fourth-order valence-corrected chi connectivity index (χ4v) is 1.32. The molecule has 0 radical (unpaired) electrons. The predicted molar refractivity (Wildman–Crippen MR) is 59.2 cm³/mol. The second-order valence-corrected chi connectivity index (χ2v) is 3.61. The molecule has 2 rings (SSSR count). The quantitative estimate of drug-likeness (QED) is 0.740. The molecule has 0 atom stereocenters. The van der Waals surface area contributed by atoms with Crippen molar-refractivity contribution in [2.24, 2.45) is 0 Å². The lowest BCUT2D eigenvalue weighted by atomic mass is 10.2. The Hall–Kier alpha value is -1.91. The summed E-state index contributed by atoms with van der Waals surface area (Å²) in [5.41, 5.74) is 8.05. The van der Waals surface area contributed by atoms with Gasteiger partial charge in [0, 0.05) is 6.42 Å². The molecule has 0 aliphatic rings. The van der Waals surface area contributed by atoms with E-state index in [1.54, 1.807) is 6.20 Å². The molecule has 0 aromatic carbocycles. The van der Waals surface area contributed by atoms with E-state index < -0.39 is 0 Å². The molecule has 0 saturated carbocycles. The fraction of sp³-hybridized carbons (Fsp3) is 0.300. The first kappa shape index (κ1) is 9.64. The number of rotatable bonds is 3. The molecule has 0 amide bonds. The second kappa shape index (κ2) is 3.68. The van der Waals surface area contributed by atoms with Gasteiger partial charge in [0.25, 0.3) is 0 Å². The molecule has 0 saturated heterocycles. The lowest BCUT2D eigenvalue weighted by Gasteiger charge is -1.94. The number of aromatic nitrogens is 4. The Balaban J connectivity index is 2.27. The van der Waals surface area contributed by atoms with Gasteiger partial charge in [-0.2, -0.15) is 4.98 Å². The molecular weight excluding hydrogens is 190 g/mol. The van der Waals surface area contributed by atoms with Crippen LogP contribution in [0.25, 0.3) is 11.2 Å². The van der Waals surface area contributed by atoms with Gasteiger partial charge in [-0.15, -0.1) is 6.58 Å². The Morgan fingerprint density at radius 3 is 3.07 bits per heavy atom. The zero-order chi connectivity index (χ0) is 10.8. The number of nitrogen functional groups attached to an aromatic ring is 1. The SMILES string of the molecule is C=C(C)CCc1nc2nc(N)ncc2[nH]1. The summed E-state index contributed by atoms with van der Waals surface area (Å²) in [7, 11) is 0. The van der Waals surface area contributed by atoms with Crippen molar-refractivity contribution in [2.45, 2.75) is 19.8 Å². The molecule has 0 aliphatic heterocycles. The van der Waals surface area contributed by atoms with Crippen molar-refractivity contribution in [1.29, 1.82) is 0 Å². The molecule has 2 heterocycles. The van der Waals surface area contributed by atoms with Gasteiger partial charge in [0.15, 0.2) is 5.65 Å². The summed E-state index contributed by atoms with van der Waals surface area (Å²) in [5, 5.41) is 0. The van der Waals surface area contributed by atoms with E-state index in [0.717, 1.165) is 29.8 Å². The van der Waals surface area contributed by atoms with Gasteiger partial charge in [-0.1, -0.05) is 5.57 Å². The third kappa shape index (κ3) is 2.12. The summed E-state index contributed by atoms with van der Waals surface area (Å²) in [6.45, 7) is 5.85. The number of aryl methyl sites for hydroxylation is 1. The van der Waals surface area contributed by atoms with Crippen LogP contribution in [0.3, 0.4) is 0 Å². The first-order chi connectivity index (χ1) is 7.15. The van der Waals surface area contributed by atoms with Crippen LogP contribution in [-0.2, 0) is 6.42 Å². The Morgan fingerprint density at radius 2 is 2.33 bits per heavy atom. The number of nitrogens with two attached hydrogens (primary N) is 1. The first-order valence-corrected chi connectivity index (χ1v) is 4.76. The molecule has 5 nitrogen and oxygen atoms in total. The van der Waals surface area contributed by atoms with Crippen molar-refractivity contribution in [3.8, 4) is 0 Å². The number of imidazole rings is 1.